The highest BCUT2D eigenvalue weighted by atomic mass is 79.9. The van der Waals surface area contributed by atoms with Crippen LogP contribution in [0.5, 0.6) is 0 Å². The maximum Gasteiger partial charge on any atom is 0.160 e. The predicted molar refractivity (Wildman–Crippen MR) is 69.9 cm³/mol. The Balaban J connectivity index is 1.68. The second kappa shape index (κ2) is 4.91. The van der Waals surface area contributed by atoms with E-state index in [2.05, 4.69) is 31.4 Å². The van der Waals surface area contributed by atoms with Gasteiger partial charge in [-0.1, -0.05) is 6.07 Å². The smallest absolute Gasteiger partial charge is 0.160 e. The van der Waals surface area contributed by atoms with Gasteiger partial charge in [-0.25, -0.2) is 0 Å². The minimum atomic E-state index is 0.637. The van der Waals surface area contributed by atoms with E-state index in [0.29, 0.717) is 13.1 Å². The Morgan fingerprint density at radius 1 is 1.22 bits per heavy atom. The molecule has 0 saturated carbocycles. The fourth-order valence-electron chi connectivity index (χ4n) is 1.75. The summed E-state index contributed by atoms with van der Waals surface area (Å²) < 4.78 is 8.25. The Kier molecular flexibility index (Phi) is 3.12. The second-order valence-electron chi connectivity index (χ2n) is 3.84. The van der Waals surface area contributed by atoms with E-state index in [1.165, 1.54) is 0 Å². The Labute approximate surface area is 112 Å². The van der Waals surface area contributed by atoms with Crippen molar-refractivity contribution in [2.75, 3.05) is 0 Å². The van der Waals surface area contributed by atoms with E-state index >= 15 is 0 Å². The van der Waals surface area contributed by atoms with E-state index in [1.807, 2.05) is 34.9 Å². The molecule has 5 nitrogen and oxygen atoms in total. The summed E-state index contributed by atoms with van der Waals surface area (Å²) in [5, 5.41) is 11.5. The van der Waals surface area contributed by atoms with Crippen molar-refractivity contribution < 1.29 is 4.42 Å². The van der Waals surface area contributed by atoms with Crippen molar-refractivity contribution >= 4 is 21.6 Å². The maximum absolute atomic E-state index is 5.32. The summed E-state index contributed by atoms with van der Waals surface area (Å²) in [5.74, 6) is 1.76. The molecular weight excluding hydrogens is 296 g/mol. The van der Waals surface area contributed by atoms with Gasteiger partial charge in [0.05, 0.1) is 23.8 Å². The van der Waals surface area contributed by atoms with Crippen LogP contribution in [0.15, 0.2) is 45.6 Å². The highest BCUT2D eigenvalue weighted by molar-refractivity contribution is 9.10. The number of hydrogen-bond acceptors (Lipinski definition) is 4. The molecule has 0 aliphatic rings. The molecule has 18 heavy (non-hydrogen) atoms. The summed E-state index contributed by atoms with van der Waals surface area (Å²) in [4.78, 5) is 0. The fraction of sp³-hybridized carbons (Fsp3) is 0.167. The first-order chi connectivity index (χ1) is 8.84. The van der Waals surface area contributed by atoms with E-state index in [-0.39, 0.29) is 0 Å². The van der Waals surface area contributed by atoms with Gasteiger partial charge in [0, 0.05) is 6.20 Å². The number of rotatable bonds is 4. The number of pyridine rings is 1. The summed E-state index contributed by atoms with van der Waals surface area (Å²) in [6.07, 6.45) is 3.61. The zero-order valence-corrected chi connectivity index (χ0v) is 11.1. The Morgan fingerprint density at radius 2 is 2.17 bits per heavy atom. The minimum absolute atomic E-state index is 0.637. The van der Waals surface area contributed by atoms with Crippen molar-refractivity contribution in [3.8, 4) is 0 Å². The molecule has 3 heterocycles. The summed E-state index contributed by atoms with van der Waals surface area (Å²) >= 11 is 3.42. The van der Waals surface area contributed by atoms with Gasteiger partial charge in [-0.3, -0.25) is 4.40 Å². The number of nitrogens with one attached hydrogen (secondary N) is 1. The number of halogens is 1. The number of furan rings is 1. The number of fused-ring (bicyclic) bond motifs is 1. The molecule has 1 N–H and O–H groups in total. The first kappa shape index (κ1) is 11.4. The van der Waals surface area contributed by atoms with Crippen LogP contribution in [0.2, 0.25) is 0 Å². The summed E-state index contributed by atoms with van der Waals surface area (Å²) in [7, 11) is 0. The third kappa shape index (κ3) is 2.16. The average molecular weight is 307 g/mol. The van der Waals surface area contributed by atoms with Gasteiger partial charge in [0.1, 0.15) is 5.76 Å². The highest BCUT2D eigenvalue weighted by Crippen LogP contribution is 2.17. The summed E-state index contributed by atoms with van der Waals surface area (Å²) in [6.45, 7) is 1.29. The van der Waals surface area contributed by atoms with Crippen LogP contribution >= 0.6 is 15.9 Å². The molecule has 0 atom stereocenters. The molecule has 0 aliphatic heterocycles. The molecule has 0 amide bonds. The lowest BCUT2D eigenvalue weighted by molar-refractivity contribution is 0.477. The van der Waals surface area contributed by atoms with Crippen LogP contribution in [-0.4, -0.2) is 14.6 Å². The summed E-state index contributed by atoms with van der Waals surface area (Å²) in [5.41, 5.74) is 0.855. The van der Waals surface area contributed by atoms with E-state index in [0.717, 1.165) is 21.7 Å². The van der Waals surface area contributed by atoms with Gasteiger partial charge >= 0.3 is 0 Å². The van der Waals surface area contributed by atoms with Crippen LogP contribution in [0.3, 0.4) is 0 Å². The zero-order chi connectivity index (χ0) is 12.4. The molecule has 92 valence electrons. The molecule has 0 aromatic carbocycles. The molecule has 3 aromatic rings. The first-order valence-electron chi connectivity index (χ1n) is 5.56. The van der Waals surface area contributed by atoms with E-state index in [1.54, 1.807) is 6.26 Å². The fourth-order valence-corrected chi connectivity index (χ4v) is 2.09. The molecule has 3 aromatic heterocycles. The zero-order valence-electron chi connectivity index (χ0n) is 9.51. The third-order valence-electron chi connectivity index (χ3n) is 2.64. The number of aromatic nitrogens is 3. The van der Waals surface area contributed by atoms with Crippen molar-refractivity contribution in [2.45, 2.75) is 13.1 Å². The van der Waals surface area contributed by atoms with Crippen LogP contribution in [0, 0.1) is 0 Å². The highest BCUT2D eigenvalue weighted by Gasteiger charge is 2.06. The van der Waals surface area contributed by atoms with Crippen molar-refractivity contribution in [3.05, 3.63) is 52.8 Å². The maximum atomic E-state index is 5.32. The Hall–Kier alpha value is -1.66. The van der Waals surface area contributed by atoms with Crippen LogP contribution in [-0.2, 0) is 13.1 Å². The van der Waals surface area contributed by atoms with Gasteiger partial charge < -0.3 is 9.73 Å². The lowest BCUT2D eigenvalue weighted by Crippen LogP contribution is -2.14. The Morgan fingerprint density at radius 3 is 3.00 bits per heavy atom. The molecule has 0 aliphatic carbocycles. The van der Waals surface area contributed by atoms with Gasteiger partial charge in [0.25, 0.3) is 0 Å². The molecule has 3 rings (SSSR count). The van der Waals surface area contributed by atoms with E-state index in [9.17, 15) is 0 Å². The normalized spacial score (nSPS) is 11.2. The van der Waals surface area contributed by atoms with Gasteiger partial charge in [0.15, 0.2) is 11.5 Å². The largest absolute Gasteiger partial charge is 0.467 e. The molecule has 0 bridgehead atoms. The minimum Gasteiger partial charge on any atom is -0.467 e. The van der Waals surface area contributed by atoms with Crippen LogP contribution < -0.4 is 5.32 Å². The predicted octanol–water partition coefficient (Wildman–Crippen LogP) is 2.37. The SMILES string of the molecule is Brc1ccoc1CNCc1nnc2ccccn12. The van der Waals surface area contributed by atoms with Gasteiger partial charge in [-0.2, -0.15) is 0 Å². The van der Waals surface area contributed by atoms with Crippen LogP contribution in [0.25, 0.3) is 5.65 Å². The monoisotopic (exact) mass is 306 g/mol. The number of hydrogen-bond donors (Lipinski definition) is 1. The lowest BCUT2D eigenvalue weighted by atomic mass is 10.4. The van der Waals surface area contributed by atoms with Crippen LogP contribution in [0.4, 0.5) is 0 Å². The third-order valence-corrected chi connectivity index (χ3v) is 3.35. The van der Waals surface area contributed by atoms with E-state index < -0.39 is 0 Å². The van der Waals surface area contributed by atoms with Crippen molar-refractivity contribution in [3.63, 3.8) is 0 Å². The Bertz CT molecular complexity index is 661. The molecular formula is C12H11BrN4O. The number of nitrogens with zero attached hydrogens (tertiary/aromatic N) is 3. The lowest BCUT2D eigenvalue weighted by Gasteiger charge is -2.02. The quantitative estimate of drug-likeness (QED) is 0.804. The average Bonchev–Trinajstić information content (AvgIpc) is 2.97. The molecule has 0 spiro atoms. The molecule has 0 saturated heterocycles. The van der Waals surface area contributed by atoms with Crippen molar-refractivity contribution in [1.29, 1.82) is 0 Å². The molecule has 0 fully saturated rings. The second-order valence-corrected chi connectivity index (χ2v) is 4.69. The van der Waals surface area contributed by atoms with Gasteiger partial charge in [-0.15, -0.1) is 10.2 Å². The molecule has 6 heteroatoms. The standard InChI is InChI=1S/C12H11BrN4O/c13-9-4-6-18-10(9)7-14-8-12-16-15-11-3-1-2-5-17(11)12/h1-6,14H,7-8H2. The molecule has 0 unspecified atom stereocenters. The van der Waals surface area contributed by atoms with Crippen molar-refractivity contribution in [1.82, 2.24) is 19.9 Å². The topological polar surface area (TPSA) is 55.4 Å². The van der Waals surface area contributed by atoms with Gasteiger partial charge in [0.2, 0.25) is 0 Å². The van der Waals surface area contributed by atoms with Crippen LogP contribution in [0.1, 0.15) is 11.6 Å². The first-order valence-corrected chi connectivity index (χ1v) is 6.35. The van der Waals surface area contributed by atoms with E-state index in [4.69, 9.17) is 4.42 Å². The van der Waals surface area contributed by atoms with Crippen molar-refractivity contribution in [2.24, 2.45) is 0 Å². The van der Waals surface area contributed by atoms with Gasteiger partial charge in [-0.05, 0) is 34.1 Å². The molecule has 0 radical (unpaired) electrons. The summed E-state index contributed by atoms with van der Waals surface area (Å²) in [6, 6.07) is 7.72.